The smallest absolute Gasteiger partial charge is 0.341 e. The molecule has 0 fully saturated rings. The summed E-state index contributed by atoms with van der Waals surface area (Å²) in [4.78, 5) is 23.2. The Bertz CT molecular complexity index is 1160. The van der Waals surface area contributed by atoms with Crippen molar-refractivity contribution < 1.29 is 33.3 Å². The topological polar surface area (TPSA) is 82.1 Å². The van der Waals surface area contributed by atoms with E-state index in [1.165, 1.54) is 12.1 Å². The van der Waals surface area contributed by atoms with E-state index in [0.29, 0.717) is 24.0 Å². The molecule has 0 aliphatic rings. The molecule has 3 aromatic carbocycles. The Balaban J connectivity index is 1.44. The van der Waals surface area contributed by atoms with Crippen LogP contribution in [0, 0.1) is 5.82 Å². The van der Waals surface area contributed by atoms with Crippen molar-refractivity contribution in [3.8, 4) is 17.2 Å². The lowest BCUT2D eigenvalue weighted by Gasteiger charge is -2.08. The van der Waals surface area contributed by atoms with Gasteiger partial charge in [-0.25, -0.2) is 9.18 Å². The summed E-state index contributed by atoms with van der Waals surface area (Å²) in [5, 5.41) is 9.43. The van der Waals surface area contributed by atoms with Crippen LogP contribution < -0.4 is 14.2 Å². The molecular weight excluding hydrogens is 475 g/mol. The number of unbranched alkanes of at least 4 members (excludes halogenated alkanes) is 1. The van der Waals surface area contributed by atoms with Crippen LogP contribution in [0.5, 0.6) is 17.2 Å². The maximum Gasteiger partial charge on any atom is 0.341 e. The van der Waals surface area contributed by atoms with E-state index in [-0.39, 0.29) is 11.3 Å². The molecule has 3 aromatic rings. The Morgan fingerprint density at radius 2 is 1.46 bits per heavy atom. The summed E-state index contributed by atoms with van der Waals surface area (Å²) in [6.07, 6.45) is 4.51. The predicted molar refractivity (Wildman–Crippen MR) is 131 cm³/mol. The lowest BCUT2D eigenvalue weighted by Crippen LogP contribution is -2.11. The number of halogens is 2. The minimum atomic E-state index is -1.20. The van der Waals surface area contributed by atoms with Crippen molar-refractivity contribution in [2.24, 2.45) is 0 Å². The van der Waals surface area contributed by atoms with Gasteiger partial charge in [-0.15, -0.1) is 0 Å². The molecule has 3 rings (SSSR count). The van der Waals surface area contributed by atoms with Crippen LogP contribution in [0.15, 0.2) is 72.8 Å². The number of hydrogen-bond donors (Lipinski definition) is 1. The second kappa shape index (κ2) is 13.2. The van der Waals surface area contributed by atoms with Gasteiger partial charge in [-0.1, -0.05) is 29.8 Å². The summed E-state index contributed by atoms with van der Waals surface area (Å²) in [6.45, 7) is 0.486. The van der Waals surface area contributed by atoms with Gasteiger partial charge in [-0.05, 0) is 79.1 Å². The van der Waals surface area contributed by atoms with Gasteiger partial charge in [0.05, 0.1) is 18.8 Å². The Morgan fingerprint density at radius 3 is 2.06 bits per heavy atom. The number of hydrogen-bond acceptors (Lipinski definition) is 5. The molecule has 35 heavy (non-hydrogen) atoms. The van der Waals surface area contributed by atoms with E-state index in [9.17, 15) is 14.0 Å². The first-order valence-electron chi connectivity index (χ1n) is 10.9. The van der Waals surface area contributed by atoms with Crippen molar-refractivity contribution in [2.45, 2.75) is 12.8 Å². The van der Waals surface area contributed by atoms with Gasteiger partial charge in [0.2, 0.25) is 0 Å². The summed E-state index contributed by atoms with van der Waals surface area (Å²) in [7, 11) is 0. The van der Waals surface area contributed by atoms with Crippen LogP contribution in [-0.2, 0) is 4.79 Å². The van der Waals surface area contributed by atoms with Crippen molar-refractivity contribution in [1.82, 2.24) is 0 Å². The molecule has 0 saturated heterocycles. The van der Waals surface area contributed by atoms with Gasteiger partial charge >= 0.3 is 5.97 Å². The van der Waals surface area contributed by atoms with Crippen molar-refractivity contribution in [2.75, 3.05) is 19.8 Å². The first-order chi connectivity index (χ1) is 16.9. The molecule has 6 nitrogen and oxygen atoms in total. The third-order valence-electron chi connectivity index (χ3n) is 4.76. The maximum absolute atomic E-state index is 13.6. The lowest BCUT2D eigenvalue weighted by atomic mass is 10.1. The van der Waals surface area contributed by atoms with Gasteiger partial charge in [0.25, 0.3) is 0 Å². The third-order valence-corrected chi connectivity index (χ3v) is 5.01. The van der Waals surface area contributed by atoms with E-state index in [1.807, 2.05) is 12.1 Å². The molecule has 0 aromatic heterocycles. The highest BCUT2D eigenvalue weighted by atomic mass is 35.5. The summed E-state index contributed by atoms with van der Waals surface area (Å²) in [6, 6.07) is 17.7. The van der Waals surface area contributed by atoms with Gasteiger partial charge in [0.1, 0.15) is 23.1 Å². The minimum absolute atomic E-state index is 0.00534. The number of carbonyl (C=O) groups is 2. The van der Waals surface area contributed by atoms with E-state index in [1.54, 1.807) is 42.5 Å². The number of carboxylic acid groups (broad SMARTS) is 1. The Labute approximate surface area is 207 Å². The number of ketones is 1. The first kappa shape index (κ1) is 25.8. The summed E-state index contributed by atoms with van der Waals surface area (Å²) in [5.74, 6) is -0.850. The maximum atomic E-state index is 13.6. The van der Waals surface area contributed by atoms with Crippen LogP contribution >= 0.6 is 11.6 Å². The van der Waals surface area contributed by atoms with Crippen LogP contribution in [-0.4, -0.2) is 36.7 Å². The molecule has 0 atom stereocenters. The highest BCUT2D eigenvalue weighted by molar-refractivity contribution is 6.30. The molecule has 0 radical (unpaired) electrons. The van der Waals surface area contributed by atoms with Gasteiger partial charge in [-0.3, -0.25) is 4.79 Å². The van der Waals surface area contributed by atoms with Gasteiger partial charge < -0.3 is 19.3 Å². The second-order valence-electron chi connectivity index (χ2n) is 7.45. The van der Waals surface area contributed by atoms with Crippen LogP contribution in [0.2, 0.25) is 5.02 Å². The van der Waals surface area contributed by atoms with E-state index in [0.717, 1.165) is 36.3 Å². The van der Waals surface area contributed by atoms with Crippen LogP contribution in [0.25, 0.3) is 6.08 Å². The molecule has 8 heteroatoms. The normalized spacial score (nSPS) is 10.8. The first-order valence-corrected chi connectivity index (χ1v) is 11.3. The highest BCUT2D eigenvalue weighted by Gasteiger charge is 2.13. The van der Waals surface area contributed by atoms with Crippen molar-refractivity contribution in [3.05, 3.63) is 94.8 Å². The number of allylic oxidation sites excluding steroid dienone is 1. The monoisotopic (exact) mass is 498 g/mol. The van der Waals surface area contributed by atoms with E-state index in [4.69, 9.17) is 30.9 Å². The SMILES string of the molecule is O=C(O)COc1ccc(F)cc1C(=O)/C=C/c1ccc(OCCCCOc2ccc(Cl)cc2)cc1. The molecule has 0 aliphatic heterocycles. The number of benzene rings is 3. The third kappa shape index (κ3) is 8.79. The molecule has 1 N–H and O–H groups in total. The molecule has 0 aliphatic carbocycles. The number of carboxylic acids is 1. The van der Waals surface area contributed by atoms with Gasteiger partial charge in [-0.2, -0.15) is 0 Å². The lowest BCUT2D eigenvalue weighted by molar-refractivity contribution is -0.139. The fourth-order valence-electron chi connectivity index (χ4n) is 3.01. The van der Waals surface area contributed by atoms with Crippen molar-refractivity contribution in [3.63, 3.8) is 0 Å². The minimum Gasteiger partial charge on any atom is -0.494 e. The fourth-order valence-corrected chi connectivity index (χ4v) is 3.14. The van der Waals surface area contributed by atoms with E-state index >= 15 is 0 Å². The Kier molecular flexibility index (Phi) is 9.69. The largest absolute Gasteiger partial charge is 0.494 e. The van der Waals surface area contributed by atoms with E-state index < -0.39 is 24.2 Å². The average Bonchev–Trinajstić information content (AvgIpc) is 2.85. The summed E-state index contributed by atoms with van der Waals surface area (Å²) < 4.78 is 30.1. The molecule has 0 bridgehead atoms. The predicted octanol–water partition coefficient (Wildman–Crippen LogP) is 6.08. The van der Waals surface area contributed by atoms with Crippen LogP contribution in [0.4, 0.5) is 4.39 Å². The second-order valence-corrected chi connectivity index (χ2v) is 7.88. The Hall–Kier alpha value is -3.84. The molecule has 0 heterocycles. The van der Waals surface area contributed by atoms with Crippen molar-refractivity contribution in [1.29, 1.82) is 0 Å². The molecule has 0 amide bonds. The molecule has 182 valence electrons. The van der Waals surface area contributed by atoms with Crippen molar-refractivity contribution >= 4 is 29.4 Å². The average molecular weight is 499 g/mol. The van der Waals surface area contributed by atoms with Crippen LogP contribution in [0.3, 0.4) is 0 Å². The highest BCUT2D eigenvalue weighted by Crippen LogP contribution is 2.22. The molecule has 0 unspecified atom stereocenters. The van der Waals surface area contributed by atoms with Gasteiger partial charge in [0.15, 0.2) is 12.4 Å². The van der Waals surface area contributed by atoms with Gasteiger partial charge in [0, 0.05) is 5.02 Å². The van der Waals surface area contributed by atoms with Crippen LogP contribution in [0.1, 0.15) is 28.8 Å². The zero-order valence-corrected chi connectivity index (χ0v) is 19.5. The Morgan fingerprint density at radius 1 is 0.857 bits per heavy atom. The number of aliphatic carboxylic acids is 1. The molecular formula is C27H24ClFO6. The number of carbonyl (C=O) groups excluding carboxylic acids is 1. The standard InChI is InChI=1S/C27H24ClFO6/c28-20-6-11-23(12-7-20)34-16-2-1-15-33-22-9-3-19(4-10-22)5-13-25(30)24-17-21(29)8-14-26(24)35-18-27(31)32/h3-14,17H,1-2,15-16,18H2,(H,31,32)/b13-5+. The summed E-state index contributed by atoms with van der Waals surface area (Å²) >= 11 is 5.84. The zero-order chi connectivity index (χ0) is 25.0. The molecule has 0 spiro atoms. The fraction of sp³-hybridized carbons (Fsp3) is 0.185. The molecule has 0 saturated carbocycles. The number of ether oxygens (including phenoxy) is 3. The van der Waals surface area contributed by atoms with E-state index in [2.05, 4.69) is 0 Å². The zero-order valence-electron chi connectivity index (χ0n) is 18.8. The quantitative estimate of drug-likeness (QED) is 0.175. The number of rotatable bonds is 13. The summed E-state index contributed by atoms with van der Waals surface area (Å²) in [5.41, 5.74) is 0.689.